The van der Waals surface area contributed by atoms with Crippen molar-refractivity contribution in [1.82, 2.24) is 14.9 Å². The fourth-order valence-electron chi connectivity index (χ4n) is 2.67. The van der Waals surface area contributed by atoms with E-state index >= 15 is 0 Å². The van der Waals surface area contributed by atoms with Gasteiger partial charge in [-0.2, -0.15) is 0 Å². The zero-order chi connectivity index (χ0) is 14.0. The van der Waals surface area contributed by atoms with Crippen molar-refractivity contribution in [3.8, 4) is 0 Å². The molecule has 2 heterocycles. The van der Waals surface area contributed by atoms with E-state index in [4.69, 9.17) is 5.84 Å². The molecule has 6 heteroatoms. The summed E-state index contributed by atoms with van der Waals surface area (Å²) in [7, 11) is 0. The van der Waals surface area contributed by atoms with Gasteiger partial charge in [-0.1, -0.05) is 13.8 Å². The van der Waals surface area contributed by atoms with Gasteiger partial charge < -0.3 is 10.3 Å². The number of nitrogens with two attached hydrogens (primary N) is 1. The van der Waals surface area contributed by atoms with Crippen LogP contribution >= 0.6 is 0 Å². The number of hydrogen-bond donors (Lipinski definition) is 2. The molecule has 6 nitrogen and oxygen atoms in total. The van der Waals surface area contributed by atoms with Gasteiger partial charge >= 0.3 is 0 Å². The summed E-state index contributed by atoms with van der Waals surface area (Å²) in [5.41, 5.74) is 2.75. The molecule has 3 atom stereocenters. The Bertz CT molecular complexity index is 464. The second kappa shape index (κ2) is 5.52. The van der Waals surface area contributed by atoms with Crippen molar-refractivity contribution < 1.29 is 4.79 Å². The van der Waals surface area contributed by atoms with Gasteiger partial charge in [-0.25, -0.2) is 10.8 Å². The van der Waals surface area contributed by atoms with Crippen LogP contribution in [-0.2, 0) is 0 Å². The number of amides is 1. The van der Waals surface area contributed by atoms with Crippen molar-refractivity contribution in [2.24, 2.45) is 17.7 Å². The van der Waals surface area contributed by atoms with E-state index in [2.05, 4.69) is 36.2 Å². The van der Waals surface area contributed by atoms with Crippen LogP contribution in [0.25, 0.3) is 0 Å². The van der Waals surface area contributed by atoms with Crippen molar-refractivity contribution in [3.05, 3.63) is 18.1 Å². The van der Waals surface area contributed by atoms with E-state index in [1.165, 1.54) is 12.4 Å². The molecule has 0 spiro atoms. The first-order valence-electron chi connectivity index (χ1n) is 6.62. The molecule has 19 heavy (non-hydrogen) atoms. The van der Waals surface area contributed by atoms with Gasteiger partial charge in [0, 0.05) is 12.6 Å². The summed E-state index contributed by atoms with van der Waals surface area (Å²) in [6.45, 7) is 7.22. The smallest absolute Gasteiger partial charge is 0.274 e. The van der Waals surface area contributed by atoms with Crippen LogP contribution in [0, 0.1) is 11.8 Å². The molecule has 1 aromatic rings. The number of rotatable bonds is 2. The van der Waals surface area contributed by atoms with Crippen molar-refractivity contribution in [3.63, 3.8) is 0 Å². The number of nitrogen functional groups attached to an aromatic ring is 1. The molecule has 1 saturated heterocycles. The van der Waals surface area contributed by atoms with Crippen LogP contribution in [0.5, 0.6) is 0 Å². The normalized spacial score (nSPS) is 27.2. The van der Waals surface area contributed by atoms with E-state index < -0.39 is 0 Å². The monoisotopic (exact) mass is 263 g/mol. The lowest BCUT2D eigenvalue weighted by Crippen LogP contribution is -2.49. The van der Waals surface area contributed by atoms with Crippen molar-refractivity contribution in [2.45, 2.75) is 33.2 Å². The maximum absolute atomic E-state index is 12.5. The summed E-state index contributed by atoms with van der Waals surface area (Å²) in [6.07, 6.45) is 4.13. The minimum absolute atomic E-state index is 0.0736. The zero-order valence-corrected chi connectivity index (χ0v) is 11.6. The largest absolute Gasteiger partial charge is 0.334 e. The summed E-state index contributed by atoms with van der Waals surface area (Å²) >= 11 is 0. The fourth-order valence-corrected chi connectivity index (χ4v) is 2.67. The molecule has 0 aromatic carbocycles. The van der Waals surface area contributed by atoms with Gasteiger partial charge in [0.05, 0.1) is 12.4 Å². The van der Waals surface area contributed by atoms with E-state index in [9.17, 15) is 4.79 Å². The Hall–Kier alpha value is -1.69. The Morgan fingerprint density at radius 2 is 2.16 bits per heavy atom. The standard InChI is InChI=1S/C13H21N5O/c1-8-4-9(2)10(3)18(7-8)13(19)11-5-15-6-12(16-11)17-14/h5-6,8-10H,4,7,14H2,1-3H3,(H,16,17). The predicted molar refractivity (Wildman–Crippen MR) is 73.3 cm³/mol. The molecule has 1 aromatic heterocycles. The predicted octanol–water partition coefficient (Wildman–Crippen LogP) is 1.27. The van der Waals surface area contributed by atoms with Crippen LogP contribution < -0.4 is 11.3 Å². The summed E-state index contributed by atoms with van der Waals surface area (Å²) in [5, 5.41) is 0. The van der Waals surface area contributed by atoms with Gasteiger partial charge in [0.1, 0.15) is 5.69 Å². The summed E-state index contributed by atoms with van der Waals surface area (Å²) in [4.78, 5) is 22.6. The van der Waals surface area contributed by atoms with Crippen molar-refractivity contribution >= 4 is 11.7 Å². The van der Waals surface area contributed by atoms with E-state index in [1.54, 1.807) is 0 Å². The highest BCUT2D eigenvalue weighted by Gasteiger charge is 2.33. The minimum atomic E-state index is -0.0736. The van der Waals surface area contributed by atoms with Crippen LogP contribution in [0.1, 0.15) is 37.7 Å². The first-order valence-corrected chi connectivity index (χ1v) is 6.62. The zero-order valence-electron chi connectivity index (χ0n) is 11.6. The van der Waals surface area contributed by atoms with E-state index in [0.29, 0.717) is 23.3 Å². The Morgan fingerprint density at radius 3 is 2.84 bits per heavy atom. The maximum atomic E-state index is 12.5. The molecule has 0 radical (unpaired) electrons. The highest BCUT2D eigenvalue weighted by molar-refractivity contribution is 5.92. The minimum Gasteiger partial charge on any atom is -0.334 e. The number of carbonyl (C=O) groups excluding carboxylic acids is 1. The highest BCUT2D eigenvalue weighted by atomic mass is 16.2. The molecule has 1 amide bonds. The van der Waals surface area contributed by atoms with Crippen LogP contribution in [0.15, 0.2) is 12.4 Å². The van der Waals surface area contributed by atoms with Gasteiger partial charge in [0.15, 0.2) is 5.82 Å². The van der Waals surface area contributed by atoms with Gasteiger partial charge in [-0.3, -0.25) is 9.78 Å². The molecular formula is C13H21N5O. The third-order valence-electron chi connectivity index (χ3n) is 3.86. The van der Waals surface area contributed by atoms with Crippen LogP contribution in [0.3, 0.4) is 0 Å². The molecule has 0 bridgehead atoms. The fraction of sp³-hybridized carbons (Fsp3) is 0.615. The first kappa shape index (κ1) is 13.7. The second-order valence-corrected chi connectivity index (χ2v) is 5.45. The molecule has 0 aliphatic carbocycles. The molecule has 2 rings (SSSR count). The van der Waals surface area contributed by atoms with Crippen molar-refractivity contribution in [2.75, 3.05) is 12.0 Å². The second-order valence-electron chi connectivity index (χ2n) is 5.45. The van der Waals surface area contributed by atoms with Gasteiger partial charge in [-0.05, 0) is 25.2 Å². The quantitative estimate of drug-likeness (QED) is 0.620. The molecule has 1 fully saturated rings. The first-order chi connectivity index (χ1) is 9.02. The molecule has 0 saturated carbocycles. The number of anilines is 1. The molecule has 1 aliphatic heterocycles. The Labute approximate surface area is 113 Å². The van der Waals surface area contributed by atoms with Crippen LogP contribution in [-0.4, -0.2) is 33.4 Å². The molecule has 3 N–H and O–H groups in total. The van der Waals surface area contributed by atoms with Crippen LogP contribution in [0.4, 0.5) is 5.82 Å². The number of nitrogens with one attached hydrogen (secondary N) is 1. The third kappa shape index (κ3) is 2.84. The lowest BCUT2D eigenvalue weighted by Gasteiger charge is -2.40. The average Bonchev–Trinajstić information content (AvgIpc) is 2.42. The van der Waals surface area contributed by atoms with Crippen molar-refractivity contribution in [1.29, 1.82) is 0 Å². The average molecular weight is 263 g/mol. The Kier molecular flexibility index (Phi) is 3.99. The number of nitrogens with zero attached hydrogens (tertiary/aromatic N) is 3. The number of carbonyl (C=O) groups is 1. The van der Waals surface area contributed by atoms with Gasteiger partial charge in [-0.15, -0.1) is 0 Å². The number of likely N-dealkylation sites (tertiary alicyclic amines) is 1. The Morgan fingerprint density at radius 1 is 1.42 bits per heavy atom. The number of hydrogen-bond acceptors (Lipinski definition) is 5. The summed E-state index contributed by atoms with van der Waals surface area (Å²) in [6, 6.07) is 0.222. The lowest BCUT2D eigenvalue weighted by atomic mass is 9.86. The highest BCUT2D eigenvalue weighted by Crippen LogP contribution is 2.27. The maximum Gasteiger partial charge on any atom is 0.274 e. The topological polar surface area (TPSA) is 84.1 Å². The van der Waals surface area contributed by atoms with Crippen LogP contribution in [0.2, 0.25) is 0 Å². The van der Waals surface area contributed by atoms with Gasteiger partial charge in [0.2, 0.25) is 0 Å². The summed E-state index contributed by atoms with van der Waals surface area (Å²) in [5.74, 6) is 6.63. The molecular weight excluding hydrogens is 242 g/mol. The van der Waals surface area contributed by atoms with E-state index in [1.807, 2.05) is 4.90 Å². The SMILES string of the molecule is CC1CC(C)C(C)N(C(=O)c2cncc(NN)n2)C1. The number of hydrazine groups is 1. The third-order valence-corrected chi connectivity index (χ3v) is 3.86. The summed E-state index contributed by atoms with van der Waals surface area (Å²) < 4.78 is 0. The lowest BCUT2D eigenvalue weighted by molar-refractivity contribution is 0.0449. The van der Waals surface area contributed by atoms with E-state index in [-0.39, 0.29) is 11.9 Å². The molecule has 1 aliphatic rings. The number of aromatic nitrogens is 2. The molecule has 3 unspecified atom stereocenters. The Balaban J connectivity index is 2.22. The van der Waals surface area contributed by atoms with E-state index in [0.717, 1.165) is 13.0 Å². The van der Waals surface area contributed by atoms with Gasteiger partial charge in [0.25, 0.3) is 5.91 Å². The number of piperidine rings is 1. The molecule has 104 valence electrons.